The summed E-state index contributed by atoms with van der Waals surface area (Å²) in [6, 6.07) is -0.513. The molecule has 9 N–H and O–H groups in total. The van der Waals surface area contributed by atoms with E-state index in [0.29, 0.717) is 18.9 Å². The number of rotatable bonds is 5. The Labute approximate surface area is 128 Å². The number of fused-ring (bicyclic) bond motifs is 1. The van der Waals surface area contributed by atoms with Gasteiger partial charge in [0.2, 0.25) is 5.79 Å². The standard InChI is InChI=1S/C13H25N5O4/c14-12(17-18-15)13(21,22)5-7-1-2-8-6-16-10(11(19)20)4-9(8)3-7/h7-10,16,18,21-22H,1-6,15H2,(H2,14,17)(H,19,20). The van der Waals surface area contributed by atoms with Gasteiger partial charge in [0.15, 0.2) is 5.84 Å². The first-order valence-corrected chi connectivity index (χ1v) is 7.53. The maximum Gasteiger partial charge on any atom is 0.320 e. The highest BCUT2D eigenvalue weighted by Crippen LogP contribution is 2.41. The van der Waals surface area contributed by atoms with Crippen LogP contribution in [0, 0.1) is 17.8 Å². The molecule has 9 heteroatoms. The number of piperidine rings is 1. The summed E-state index contributed by atoms with van der Waals surface area (Å²) in [5, 5.41) is 35.6. The van der Waals surface area contributed by atoms with E-state index in [1.54, 1.807) is 0 Å². The number of carboxylic acids is 1. The Kier molecular flexibility index (Phi) is 5.22. The third-order valence-corrected chi connectivity index (χ3v) is 4.88. The molecule has 0 aromatic rings. The van der Waals surface area contributed by atoms with Crippen LogP contribution in [0.1, 0.15) is 32.1 Å². The van der Waals surface area contributed by atoms with Gasteiger partial charge in [-0.15, -0.1) is 5.10 Å². The first-order chi connectivity index (χ1) is 10.3. The maximum atomic E-state index is 11.1. The van der Waals surface area contributed by atoms with E-state index in [1.807, 2.05) is 5.53 Å². The minimum atomic E-state index is -2.21. The molecule has 1 heterocycles. The lowest BCUT2D eigenvalue weighted by Gasteiger charge is -2.42. The summed E-state index contributed by atoms with van der Waals surface area (Å²) in [6.07, 6.45) is 3.21. The van der Waals surface area contributed by atoms with Crippen LogP contribution in [0.5, 0.6) is 0 Å². The largest absolute Gasteiger partial charge is 0.480 e. The Morgan fingerprint density at radius 2 is 2.05 bits per heavy atom. The molecule has 4 atom stereocenters. The zero-order valence-corrected chi connectivity index (χ0v) is 12.4. The Bertz CT molecular complexity index is 442. The number of carboxylic acid groups (broad SMARTS) is 1. The normalized spacial score (nSPS) is 33.1. The Morgan fingerprint density at radius 1 is 1.32 bits per heavy atom. The molecule has 126 valence electrons. The third-order valence-electron chi connectivity index (χ3n) is 4.88. The lowest BCUT2D eigenvalue weighted by Crippen LogP contribution is -2.51. The number of aliphatic hydroxyl groups is 2. The second-order valence-electron chi connectivity index (χ2n) is 6.38. The van der Waals surface area contributed by atoms with Crippen molar-refractivity contribution in [2.45, 2.75) is 43.9 Å². The SMILES string of the molecule is NN/N=C(\N)C(O)(O)CC1CCC2CNC(C(=O)O)CC2C1. The van der Waals surface area contributed by atoms with Crippen LogP contribution in [0.3, 0.4) is 0 Å². The van der Waals surface area contributed by atoms with Crippen molar-refractivity contribution in [1.82, 2.24) is 10.9 Å². The number of amidine groups is 1. The van der Waals surface area contributed by atoms with E-state index in [9.17, 15) is 15.0 Å². The summed E-state index contributed by atoms with van der Waals surface area (Å²) < 4.78 is 0. The number of nitrogens with zero attached hydrogens (tertiary/aromatic N) is 1. The molecule has 1 saturated carbocycles. The fourth-order valence-electron chi connectivity index (χ4n) is 3.70. The van der Waals surface area contributed by atoms with Crippen LogP contribution in [0.4, 0.5) is 0 Å². The smallest absolute Gasteiger partial charge is 0.320 e. The van der Waals surface area contributed by atoms with E-state index >= 15 is 0 Å². The van der Waals surface area contributed by atoms with Gasteiger partial charge in [-0.25, -0.2) is 11.4 Å². The predicted octanol–water partition coefficient (Wildman–Crippen LogP) is -1.73. The molecule has 0 radical (unpaired) electrons. The molecule has 1 aliphatic carbocycles. The minimum Gasteiger partial charge on any atom is -0.480 e. The Morgan fingerprint density at radius 3 is 2.68 bits per heavy atom. The van der Waals surface area contributed by atoms with Gasteiger partial charge in [-0.3, -0.25) is 4.79 Å². The number of nitrogens with two attached hydrogens (primary N) is 2. The average Bonchev–Trinajstić information content (AvgIpc) is 2.46. The zero-order chi connectivity index (χ0) is 16.3. The Hall–Kier alpha value is -1.42. The number of hydrogen-bond acceptors (Lipinski definition) is 7. The van der Waals surface area contributed by atoms with Gasteiger partial charge in [-0.1, -0.05) is 0 Å². The van der Waals surface area contributed by atoms with E-state index in [2.05, 4.69) is 10.4 Å². The van der Waals surface area contributed by atoms with Crippen molar-refractivity contribution in [3.8, 4) is 0 Å². The molecule has 0 amide bonds. The topological polar surface area (TPSA) is 166 Å². The molecule has 9 nitrogen and oxygen atoms in total. The monoisotopic (exact) mass is 315 g/mol. The van der Waals surface area contributed by atoms with E-state index in [1.165, 1.54) is 0 Å². The van der Waals surface area contributed by atoms with Gasteiger partial charge in [0.1, 0.15) is 6.04 Å². The summed E-state index contributed by atoms with van der Waals surface area (Å²) in [4.78, 5) is 11.1. The number of hydrazine groups is 1. The fraction of sp³-hybridized carbons (Fsp3) is 0.846. The van der Waals surface area contributed by atoms with Crippen LogP contribution in [-0.2, 0) is 4.79 Å². The van der Waals surface area contributed by atoms with Crippen molar-refractivity contribution in [3.63, 3.8) is 0 Å². The van der Waals surface area contributed by atoms with E-state index in [4.69, 9.17) is 16.7 Å². The molecule has 4 unspecified atom stereocenters. The van der Waals surface area contributed by atoms with Crippen LogP contribution in [-0.4, -0.2) is 45.5 Å². The van der Waals surface area contributed by atoms with Crippen LogP contribution < -0.4 is 22.4 Å². The van der Waals surface area contributed by atoms with Crippen molar-refractivity contribution in [1.29, 1.82) is 0 Å². The number of carbonyl (C=O) groups is 1. The van der Waals surface area contributed by atoms with Gasteiger partial charge in [0.25, 0.3) is 0 Å². The van der Waals surface area contributed by atoms with Gasteiger partial charge < -0.3 is 26.4 Å². The van der Waals surface area contributed by atoms with Gasteiger partial charge >= 0.3 is 5.97 Å². The van der Waals surface area contributed by atoms with Gasteiger partial charge in [-0.05, 0) is 50.0 Å². The summed E-state index contributed by atoms with van der Waals surface area (Å²) >= 11 is 0. The van der Waals surface area contributed by atoms with E-state index < -0.39 is 17.8 Å². The highest BCUT2D eigenvalue weighted by molar-refractivity contribution is 5.86. The van der Waals surface area contributed by atoms with Crippen molar-refractivity contribution >= 4 is 11.8 Å². The summed E-state index contributed by atoms with van der Waals surface area (Å²) in [5.41, 5.74) is 7.44. The second-order valence-corrected chi connectivity index (χ2v) is 6.38. The van der Waals surface area contributed by atoms with Crippen molar-refractivity contribution in [3.05, 3.63) is 0 Å². The molecule has 2 aliphatic rings. The molecule has 0 aromatic heterocycles. The van der Waals surface area contributed by atoms with Crippen molar-refractivity contribution < 1.29 is 20.1 Å². The molecular weight excluding hydrogens is 290 g/mol. The molecule has 2 fully saturated rings. The van der Waals surface area contributed by atoms with Crippen LogP contribution in [0.25, 0.3) is 0 Å². The van der Waals surface area contributed by atoms with Crippen molar-refractivity contribution in [2.24, 2.45) is 34.4 Å². The third kappa shape index (κ3) is 3.86. The molecular formula is C13H25N5O4. The molecule has 1 aliphatic heterocycles. The number of hydrogen-bond donors (Lipinski definition) is 7. The van der Waals surface area contributed by atoms with Gasteiger partial charge in [-0.2, -0.15) is 0 Å². The molecule has 22 heavy (non-hydrogen) atoms. The summed E-state index contributed by atoms with van der Waals surface area (Å²) in [5.74, 6) is 2.38. The number of hydrazone groups is 1. The lowest BCUT2D eigenvalue weighted by atomic mass is 9.68. The maximum absolute atomic E-state index is 11.1. The average molecular weight is 315 g/mol. The first-order valence-electron chi connectivity index (χ1n) is 7.53. The molecule has 0 bridgehead atoms. The molecule has 1 saturated heterocycles. The second kappa shape index (κ2) is 6.78. The van der Waals surface area contributed by atoms with E-state index in [0.717, 1.165) is 19.3 Å². The highest BCUT2D eigenvalue weighted by Gasteiger charge is 2.40. The Balaban J connectivity index is 1.95. The molecule has 0 aromatic carbocycles. The van der Waals surface area contributed by atoms with Crippen LogP contribution in [0.15, 0.2) is 5.10 Å². The first kappa shape index (κ1) is 16.9. The highest BCUT2D eigenvalue weighted by atomic mass is 16.5. The number of aliphatic carboxylic acids is 1. The molecule has 0 spiro atoms. The lowest BCUT2D eigenvalue weighted by molar-refractivity contribution is -0.142. The van der Waals surface area contributed by atoms with Crippen LogP contribution in [0.2, 0.25) is 0 Å². The van der Waals surface area contributed by atoms with Gasteiger partial charge in [0.05, 0.1) is 0 Å². The minimum absolute atomic E-state index is 0.0651. The van der Waals surface area contributed by atoms with Crippen molar-refractivity contribution in [2.75, 3.05) is 6.54 Å². The zero-order valence-electron chi connectivity index (χ0n) is 12.4. The summed E-state index contributed by atoms with van der Waals surface area (Å²) in [6.45, 7) is 0.707. The van der Waals surface area contributed by atoms with E-state index in [-0.39, 0.29) is 24.1 Å². The molecule has 2 rings (SSSR count). The van der Waals surface area contributed by atoms with Crippen LogP contribution >= 0.6 is 0 Å². The predicted molar refractivity (Wildman–Crippen MR) is 79.1 cm³/mol. The fourth-order valence-corrected chi connectivity index (χ4v) is 3.70. The quantitative estimate of drug-likeness (QED) is 0.103. The van der Waals surface area contributed by atoms with Gasteiger partial charge in [0, 0.05) is 6.42 Å². The summed E-state index contributed by atoms with van der Waals surface area (Å²) in [7, 11) is 0. The number of nitrogens with one attached hydrogen (secondary N) is 2.